The second kappa shape index (κ2) is 3.21. The van der Waals surface area contributed by atoms with E-state index in [0.29, 0.717) is 19.6 Å². The number of hydrogen-bond acceptors (Lipinski definition) is 3. The maximum absolute atomic E-state index is 10.5. The molecule has 0 bridgehead atoms. The SMILES string of the molecule is N#CC1CNCCN1C(=O)O. The summed E-state index contributed by atoms with van der Waals surface area (Å²) in [6.07, 6.45) is -1.02. The number of nitrogens with one attached hydrogen (secondary N) is 1. The van der Waals surface area contributed by atoms with Crippen LogP contribution in [0.2, 0.25) is 0 Å². The summed E-state index contributed by atoms with van der Waals surface area (Å²) in [5.41, 5.74) is 0. The predicted octanol–water partition coefficient (Wildman–Crippen LogP) is -0.538. The fourth-order valence-electron chi connectivity index (χ4n) is 1.05. The van der Waals surface area contributed by atoms with Crippen molar-refractivity contribution in [2.24, 2.45) is 0 Å². The maximum Gasteiger partial charge on any atom is 0.408 e. The Morgan fingerprint density at radius 2 is 2.55 bits per heavy atom. The van der Waals surface area contributed by atoms with Gasteiger partial charge >= 0.3 is 6.09 Å². The number of carbonyl (C=O) groups is 1. The van der Waals surface area contributed by atoms with Gasteiger partial charge in [-0.25, -0.2) is 4.79 Å². The summed E-state index contributed by atoms with van der Waals surface area (Å²) in [4.78, 5) is 11.6. The first kappa shape index (κ1) is 7.82. The quantitative estimate of drug-likeness (QED) is 0.492. The van der Waals surface area contributed by atoms with Crippen molar-refractivity contribution < 1.29 is 9.90 Å². The van der Waals surface area contributed by atoms with Crippen molar-refractivity contribution in [1.29, 1.82) is 5.26 Å². The molecule has 0 spiro atoms. The second-order valence-corrected chi connectivity index (χ2v) is 2.32. The average Bonchev–Trinajstić information content (AvgIpc) is 2.04. The fraction of sp³-hybridized carbons (Fsp3) is 0.667. The largest absolute Gasteiger partial charge is 0.465 e. The lowest BCUT2D eigenvalue weighted by atomic mass is 10.2. The molecule has 1 saturated heterocycles. The molecule has 1 aliphatic heterocycles. The van der Waals surface area contributed by atoms with Gasteiger partial charge in [0.25, 0.3) is 0 Å². The normalized spacial score (nSPS) is 24.3. The molecular formula is C6H9N3O2. The number of piperazine rings is 1. The Morgan fingerprint density at radius 1 is 1.82 bits per heavy atom. The van der Waals surface area contributed by atoms with Gasteiger partial charge in [0.05, 0.1) is 6.07 Å². The summed E-state index contributed by atoms with van der Waals surface area (Å²) < 4.78 is 0. The van der Waals surface area contributed by atoms with Crippen molar-refractivity contribution in [3.63, 3.8) is 0 Å². The van der Waals surface area contributed by atoms with E-state index in [2.05, 4.69) is 5.32 Å². The molecule has 2 N–H and O–H groups in total. The zero-order chi connectivity index (χ0) is 8.27. The van der Waals surface area contributed by atoms with Crippen molar-refractivity contribution >= 4 is 6.09 Å². The van der Waals surface area contributed by atoms with Crippen molar-refractivity contribution in [3.8, 4) is 6.07 Å². The number of hydrogen-bond donors (Lipinski definition) is 2. The van der Waals surface area contributed by atoms with Crippen molar-refractivity contribution in [3.05, 3.63) is 0 Å². The van der Waals surface area contributed by atoms with E-state index < -0.39 is 12.1 Å². The van der Waals surface area contributed by atoms with E-state index in [1.807, 2.05) is 6.07 Å². The number of carboxylic acid groups (broad SMARTS) is 1. The summed E-state index contributed by atoms with van der Waals surface area (Å²) in [7, 11) is 0. The highest BCUT2D eigenvalue weighted by molar-refractivity contribution is 5.66. The molecule has 1 atom stereocenters. The summed E-state index contributed by atoms with van der Waals surface area (Å²) in [6.45, 7) is 1.46. The third-order valence-corrected chi connectivity index (χ3v) is 1.64. The van der Waals surface area contributed by atoms with Gasteiger partial charge in [-0.1, -0.05) is 0 Å². The Balaban J connectivity index is 2.60. The molecule has 5 heteroatoms. The van der Waals surface area contributed by atoms with E-state index in [9.17, 15) is 4.79 Å². The lowest BCUT2D eigenvalue weighted by molar-refractivity contribution is 0.126. The Labute approximate surface area is 64.2 Å². The molecule has 0 aromatic heterocycles. The lowest BCUT2D eigenvalue weighted by Crippen LogP contribution is -2.52. The van der Waals surface area contributed by atoms with Crippen LogP contribution in [0.5, 0.6) is 0 Å². The smallest absolute Gasteiger partial charge is 0.408 e. The summed E-state index contributed by atoms with van der Waals surface area (Å²) in [5, 5.41) is 20.0. The lowest BCUT2D eigenvalue weighted by Gasteiger charge is -2.29. The molecule has 1 amide bonds. The van der Waals surface area contributed by atoms with E-state index >= 15 is 0 Å². The average molecular weight is 155 g/mol. The molecule has 5 nitrogen and oxygen atoms in total. The molecule has 0 saturated carbocycles. The molecule has 0 aromatic rings. The second-order valence-electron chi connectivity index (χ2n) is 2.32. The number of rotatable bonds is 0. The molecule has 1 rings (SSSR count). The third kappa shape index (κ3) is 1.59. The highest BCUT2D eigenvalue weighted by atomic mass is 16.4. The van der Waals surface area contributed by atoms with Crippen LogP contribution in [0, 0.1) is 11.3 Å². The Hall–Kier alpha value is -1.28. The first-order valence-corrected chi connectivity index (χ1v) is 3.35. The van der Waals surface area contributed by atoms with Gasteiger partial charge in [-0.05, 0) is 0 Å². The zero-order valence-corrected chi connectivity index (χ0v) is 5.95. The molecule has 1 aliphatic rings. The van der Waals surface area contributed by atoms with E-state index in [1.54, 1.807) is 0 Å². The number of nitriles is 1. The van der Waals surface area contributed by atoms with E-state index in [1.165, 1.54) is 0 Å². The zero-order valence-electron chi connectivity index (χ0n) is 5.95. The molecule has 60 valence electrons. The van der Waals surface area contributed by atoms with Gasteiger partial charge < -0.3 is 10.4 Å². The van der Waals surface area contributed by atoms with Crippen LogP contribution in [0.1, 0.15) is 0 Å². The van der Waals surface area contributed by atoms with Crippen molar-refractivity contribution in [2.75, 3.05) is 19.6 Å². The van der Waals surface area contributed by atoms with Crippen LogP contribution in [0.15, 0.2) is 0 Å². The van der Waals surface area contributed by atoms with Crippen LogP contribution in [-0.2, 0) is 0 Å². The first-order chi connectivity index (χ1) is 5.25. The Bertz CT molecular complexity index is 198. The van der Waals surface area contributed by atoms with Gasteiger partial charge in [0.15, 0.2) is 0 Å². The maximum atomic E-state index is 10.5. The van der Waals surface area contributed by atoms with Gasteiger partial charge in [0, 0.05) is 19.6 Å². The molecular weight excluding hydrogens is 146 g/mol. The van der Waals surface area contributed by atoms with Gasteiger partial charge in [-0.2, -0.15) is 5.26 Å². The van der Waals surface area contributed by atoms with E-state index in [0.717, 1.165) is 4.90 Å². The highest BCUT2D eigenvalue weighted by Crippen LogP contribution is 2.01. The van der Waals surface area contributed by atoms with Crippen LogP contribution < -0.4 is 5.32 Å². The molecule has 11 heavy (non-hydrogen) atoms. The van der Waals surface area contributed by atoms with E-state index in [4.69, 9.17) is 10.4 Å². The van der Waals surface area contributed by atoms with Crippen LogP contribution in [0.25, 0.3) is 0 Å². The van der Waals surface area contributed by atoms with Gasteiger partial charge in [-0.3, -0.25) is 4.90 Å². The highest BCUT2D eigenvalue weighted by Gasteiger charge is 2.25. The third-order valence-electron chi connectivity index (χ3n) is 1.64. The predicted molar refractivity (Wildman–Crippen MR) is 37.0 cm³/mol. The molecule has 0 aromatic carbocycles. The Kier molecular flexibility index (Phi) is 2.28. The fourth-order valence-corrected chi connectivity index (χ4v) is 1.05. The van der Waals surface area contributed by atoms with Crippen LogP contribution >= 0.6 is 0 Å². The van der Waals surface area contributed by atoms with Crippen LogP contribution in [0.4, 0.5) is 4.79 Å². The minimum Gasteiger partial charge on any atom is -0.465 e. The number of nitrogens with zero attached hydrogens (tertiary/aromatic N) is 2. The molecule has 1 heterocycles. The molecule has 1 unspecified atom stereocenters. The summed E-state index contributed by atoms with van der Waals surface area (Å²) >= 11 is 0. The van der Waals surface area contributed by atoms with E-state index in [-0.39, 0.29) is 0 Å². The summed E-state index contributed by atoms with van der Waals surface area (Å²) in [5.74, 6) is 0. The molecule has 0 radical (unpaired) electrons. The minimum absolute atomic E-state index is 0.396. The van der Waals surface area contributed by atoms with Crippen molar-refractivity contribution in [1.82, 2.24) is 10.2 Å². The van der Waals surface area contributed by atoms with Gasteiger partial charge in [0.2, 0.25) is 0 Å². The number of amides is 1. The van der Waals surface area contributed by atoms with Gasteiger partial charge in [0.1, 0.15) is 6.04 Å². The standard InChI is InChI=1S/C6H9N3O2/c7-3-5-4-8-1-2-9(5)6(10)11/h5,8H,1-2,4H2,(H,10,11). The monoisotopic (exact) mass is 155 g/mol. The van der Waals surface area contributed by atoms with Gasteiger partial charge in [-0.15, -0.1) is 0 Å². The Morgan fingerprint density at radius 3 is 3.00 bits per heavy atom. The molecule has 0 aliphatic carbocycles. The van der Waals surface area contributed by atoms with Crippen LogP contribution in [-0.4, -0.2) is 41.8 Å². The van der Waals surface area contributed by atoms with Crippen molar-refractivity contribution in [2.45, 2.75) is 6.04 Å². The topological polar surface area (TPSA) is 76.4 Å². The van der Waals surface area contributed by atoms with Crippen LogP contribution in [0.3, 0.4) is 0 Å². The minimum atomic E-state index is -1.02. The molecule has 1 fully saturated rings. The first-order valence-electron chi connectivity index (χ1n) is 3.35. The summed E-state index contributed by atoms with van der Waals surface area (Å²) in [6, 6.07) is 1.39.